The summed E-state index contributed by atoms with van der Waals surface area (Å²) >= 11 is 11.8. The van der Waals surface area contributed by atoms with Gasteiger partial charge in [0, 0.05) is 17.8 Å². The highest BCUT2D eigenvalue weighted by molar-refractivity contribution is 6.31. The SMILES string of the molecule is COC(=O)c1cc(Cl)cn(CCc2ccc(Cl)cc2)c1=O. The molecule has 1 aromatic carbocycles. The number of esters is 1. The van der Waals surface area contributed by atoms with Crippen molar-refractivity contribution in [3.8, 4) is 0 Å². The maximum atomic E-state index is 12.2. The molecule has 0 aliphatic rings. The first-order valence-electron chi connectivity index (χ1n) is 6.24. The molecule has 0 fully saturated rings. The molecule has 0 unspecified atom stereocenters. The number of carbonyl (C=O) groups excluding carboxylic acids is 1. The van der Waals surface area contributed by atoms with Gasteiger partial charge in [-0.3, -0.25) is 4.79 Å². The lowest BCUT2D eigenvalue weighted by Gasteiger charge is -2.08. The van der Waals surface area contributed by atoms with Crippen LogP contribution in [0.4, 0.5) is 0 Å². The van der Waals surface area contributed by atoms with Crippen LogP contribution in [0.2, 0.25) is 10.0 Å². The Morgan fingerprint density at radius 1 is 1.19 bits per heavy atom. The van der Waals surface area contributed by atoms with E-state index in [4.69, 9.17) is 23.2 Å². The number of aromatic nitrogens is 1. The number of ether oxygens (including phenoxy) is 1. The topological polar surface area (TPSA) is 48.3 Å². The molecule has 0 spiro atoms. The monoisotopic (exact) mass is 325 g/mol. The Balaban J connectivity index is 2.24. The summed E-state index contributed by atoms with van der Waals surface area (Å²) in [5.74, 6) is -0.692. The second-order valence-corrected chi connectivity index (χ2v) is 5.31. The molecule has 0 bridgehead atoms. The number of methoxy groups -OCH3 is 1. The first kappa shape index (κ1) is 15.6. The summed E-state index contributed by atoms with van der Waals surface area (Å²) in [4.78, 5) is 23.7. The Morgan fingerprint density at radius 2 is 1.86 bits per heavy atom. The van der Waals surface area contributed by atoms with E-state index in [-0.39, 0.29) is 5.56 Å². The molecule has 0 aliphatic heterocycles. The van der Waals surface area contributed by atoms with E-state index in [1.807, 2.05) is 12.1 Å². The van der Waals surface area contributed by atoms with Gasteiger partial charge in [-0.15, -0.1) is 0 Å². The molecule has 0 aliphatic carbocycles. The summed E-state index contributed by atoms with van der Waals surface area (Å²) in [7, 11) is 1.22. The largest absolute Gasteiger partial charge is 0.465 e. The zero-order chi connectivity index (χ0) is 15.4. The number of rotatable bonds is 4. The third kappa shape index (κ3) is 3.86. The lowest BCUT2D eigenvalue weighted by molar-refractivity contribution is 0.0598. The second kappa shape index (κ2) is 6.78. The number of nitrogens with zero attached hydrogens (tertiary/aromatic N) is 1. The van der Waals surface area contributed by atoms with Crippen LogP contribution in [-0.4, -0.2) is 17.6 Å². The summed E-state index contributed by atoms with van der Waals surface area (Å²) < 4.78 is 5.98. The number of aryl methyl sites for hydroxylation is 2. The number of benzene rings is 1. The van der Waals surface area contributed by atoms with Crippen LogP contribution < -0.4 is 5.56 Å². The number of hydrogen-bond donors (Lipinski definition) is 0. The van der Waals surface area contributed by atoms with Crippen molar-refractivity contribution in [1.82, 2.24) is 4.57 Å². The Hall–Kier alpha value is -1.78. The Bertz CT molecular complexity index is 708. The van der Waals surface area contributed by atoms with Gasteiger partial charge in [-0.05, 0) is 30.2 Å². The van der Waals surface area contributed by atoms with Gasteiger partial charge in [0.05, 0.1) is 12.1 Å². The van der Waals surface area contributed by atoms with Crippen LogP contribution in [0.25, 0.3) is 0 Å². The van der Waals surface area contributed by atoms with Gasteiger partial charge in [0.15, 0.2) is 0 Å². The third-order valence-electron chi connectivity index (χ3n) is 3.01. The molecule has 21 heavy (non-hydrogen) atoms. The van der Waals surface area contributed by atoms with Crippen molar-refractivity contribution in [3.05, 3.63) is 68.1 Å². The van der Waals surface area contributed by atoms with E-state index < -0.39 is 11.5 Å². The fraction of sp³-hybridized carbons (Fsp3) is 0.200. The number of hydrogen-bond acceptors (Lipinski definition) is 3. The van der Waals surface area contributed by atoms with E-state index in [0.717, 1.165) is 5.56 Å². The van der Waals surface area contributed by atoms with E-state index in [9.17, 15) is 9.59 Å². The molecule has 2 aromatic rings. The molecular weight excluding hydrogens is 313 g/mol. The van der Waals surface area contributed by atoms with Crippen molar-refractivity contribution in [2.75, 3.05) is 7.11 Å². The van der Waals surface area contributed by atoms with Crippen molar-refractivity contribution in [3.63, 3.8) is 0 Å². The van der Waals surface area contributed by atoms with Crippen LogP contribution in [0, 0.1) is 0 Å². The number of halogens is 2. The van der Waals surface area contributed by atoms with Crippen LogP contribution in [0.1, 0.15) is 15.9 Å². The zero-order valence-corrected chi connectivity index (χ0v) is 12.8. The van der Waals surface area contributed by atoms with Crippen LogP contribution in [0.5, 0.6) is 0 Å². The molecule has 0 saturated carbocycles. The molecule has 1 heterocycles. The third-order valence-corrected chi connectivity index (χ3v) is 3.47. The Labute approximate surface area is 131 Å². The van der Waals surface area contributed by atoms with Crippen molar-refractivity contribution < 1.29 is 9.53 Å². The Morgan fingerprint density at radius 3 is 2.48 bits per heavy atom. The first-order chi connectivity index (χ1) is 10.0. The van der Waals surface area contributed by atoms with Gasteiger partial charge >= 0.3 is 5.97 Å². The fourth-order valence-corrected chi connectivity index (χ4v) is 2.27. The van der Waals surface area contributed by atoms with Crippen LogP contribution in [-0.2, 0) is 17.7 Å². The van der Waals surface area contributed by atoms with Gasteiger partial charge in [-0.2, -0.15) is 0 Å². The molecule has 2 rings (SSSR count). The van der Waals surface area contributed by atoms with E-state index in [1.165, 1.54) is 23.9 Å². The molecule has 0 atom stereocenters. The van der Waals surface area contributed by atoms with Gasteiger partial charge in [0.1, 0.15) is 5.56 Å². The maximum absolute atomic E-state index is 12.2. The number of pyridine rings is 1. The average Bonchev–Trinajstić information content (AvgIpc) is 2.48. The standard InChI is InChI=1S/C15H13Cl2NO3/c1-21-15(20)13-8-12(17)9-18(14(13)19)7-6-10-2-4-11(16)5-3-10/h2-5,8-9H,6-7H2,1H3. The highest BCUT2D eigenvalue weighted by Gasteiger charge is 2.14. The minimum atomic E-state index is -0.692. The second-order valence-electron chi connectivity index (χ2n) is 4.44. The minimum absolute atomic E-state index is 0.0684. The van der Waals surface area contributed by atoms with Crippen LogP contribution in [0.15, 0.2) is 41.3 Å². The molecule has 6 heteroatoms. The van der Waals surface area contributed by atoms with E-state index >= 15 is 0 Å². The molecule has 4 nitrogen and oxygen atoms in total. The average molecular weight is 326 g/mol. The summed E-state index contributed by atoms with van der Waals surface area (Å²) in [6, 6.07) is 8.67. The van der Waals surface area contributed by atoms with Crippen LogP contribution in [0.3, 0.4) is 0 Å². The van der Waals surface area contributed by atoms with Crippen molar-refractivity contribution >= 4 is 29.2 Å². The molecule has 0 radical (unpaired) electrons. The smallest absolute Gasteiger partial charge is 0.343 e. The van der Waals surface area contributed by atoms with Crippen molar-refractivity contribution in [2.24, 2.45) is 0 Å². The summed E-state index contributed by atoms with van der Waals surface area (Å²) in [5.41, 5.74) is 0.548. The summed E-state index contributed by atoms with van der Waals surface area (Å²) in [6.07, 6.45) is 2.13. The van der Waals surface area contributed by atoms with Crippen molar-refractivity contribution in [1.29, 1.82) is 0 Å². The van der Waals surface area contributed by atoms with Crippen LogP contribution >= 0.6 is 23.2 Å². The zero-order valence-electron chi connectivity index (χ0n) is 11.3. The maximum Gasteiger partial charge on any atom is 0.343 e. The highest BCUT2D eigenvalue weighted by Crippen LogP contribution is 2.12. The molecule has 0 saturated heterocycles. The lowest BCUT2D eigenvalue weighted by Crippen LogP contribution is -2.27. The highest BCUT2D eigenvalue weighted by atomic mass is 35.5. The predicted molar refractivity (Wildman–Crippen MR) is 82.2 cm³/mol. The first-order valence-corrected chi connectivity index (χ1v) is 6.99. The number of carbonyl (C=O) groups is 1. The molecular formula is C15H13Cl2NO3. The lowest BCUT2D eigenvalue weighted by atomic mass is 10.1. The van der Waals surface area contributed by atoms with Gasteiger partial charge in [0.2, 0.25) is 0 Å². The van der Waals surface area contributed by atoms with E-state index in [1.54, 1.807) is 12.1 Å². The van der Waals surface area contributed by atoms with E-state index in [0.29, 0.717) is 23.0 Å². The fourth-order valence-electron chi connectivity index (χ4n) is 1.92. The van der Waals surface area contributed by atoms with Crippen molar-refractivity contribution in [2.45, 2.75) is 13.0 Å². The summed E-state index contributed by atoms with van der Waals surface area (Å²) in [6.45, 7) is 0.408. The molecule has 110 valence electrons. The summed E-state index contributed by atoms with van der Waals surface area (Å²) in [5, 5.41) is 0.970. The van der Waals surface area contributed by atoms with Gasteiger partial charge in [0.25, 0.3) is 5.56 Å². The normalized spacial score (nSPS) is 10.4. The quantitative estimate of drug-likeness (QED) is 0.811. The molecule has 0 amide bonds. The van der Waals surface area contributed by atoms with Gasteiger partial charge < -0.3 is 9.30 Å². The van der Waals surface area contributed by atoms with Gasteiger partial charge in [-0.25, -0.2) is 4.79 Å². The molecule has 0 N–H and O–H groups in total. The van der Waals surface area contributed by atoms with Gasteiger partial charge in [-0.1, -0.05) is 35.3 Å². The predicted octanol–water partition coefficient (Wildman–Crippen LogP) is 3.18. The van der Waals surface area contributed by atoms with E-state index in [2.05, 4.69) is 4.74 Å². The Kier molecular flexibility index (Phi) is 5.04. The minimum Gasteiger partial charge on any atom is -0.465 e. The molecule has 1 aromatic heterocycles.